The summed E-state index contributed by atoms with van der Waals surface area (Å²) in [6.45, 7) is 3.62. The van der Waals surface area contributed by atoms with Gasteiger partial charge in [0.05, 0.1) is 16.8 Å². The van der Waals surface area contributed by atoms with Crippen LogP contribution in [0.4, 0.5) is 4.39 Å². The maximum Gasteiger partial charge on any atom is 0.143 e. The van der Waals surface area contributed by atoms with E-state index in [0.29, 0.717) is 33.8 Å². The molecule has 2 heterocycles. The van der Waals surface area contributed by atoms with Crippen molar-refractivity contribution in [1.29, 1.82) is 5.26 Å². The lowest BCUT2D eigenvalue weighted by atomic mass is 10.00. The molecular weight excluding hydrogens is 281 g/mol. The molecule has 1 aromatic carbocycles. The molecule has 0 unspecified atom stereocenters. The molecule has 108 valence electrons. The first kappa shape index (κ1) is 14.0. The van der Waals surface area contributed by atoms with E-state index in [1.165, 1.54) is 12.1 Å². The van der Waals surface area contributed by atoms with Crippen LogP contribution in [0.5, 0.6) is 0 Å². The van der Waals surface area contributed by atoms with Gasteiger partial charge in [0.1, 0.15) is 23.3 Å². The second-order valence-electron chi connectivity index (χ2n) is 4.93. The van der Waals surface area contributed by atoms with E-state index in [1.54, 1.807) is 31.2 Å². The molecule has 0 radical (unpaired) electrons. The number of pyridine rings is 1. The second-order valence-corrected chi connectivity index (χ2v) is 4.93. The number of rotatable bonds is 2. The largest absolute Gasteiger partial charge is 0.360 e. The highest BCUT2D eigenvalue weighted by molar-refractivity contribution is 5.82. The zero-order chi connectivity index (χ0) is 15.7. The lowest BCUT2D eigenvalue weighted by Crippen LogP contribution is -1.94. The highest BCUT2D eigenvalue weighted by atomic mass is 19.1. The van der Waals surface area contributed by atoms with Crippen molar-refractivity contribution in [1.82, 2.24) is 10.1 Å². The molecule has 0 aliphatic rings. The van der Waals surface area contributed by atoms with Gasteiger partial charge in [0, 0.05) is 11.3 Å². The fourth-order valence-corrected chi connectivity index (χ4v) is 2.29. The standard InChI is InChI=1S/C17H12FN3O/c1-10-3-4-13(9-19)16(20-10)15-11(2)22-21-17(15)12-5-7-14(18)8-6-12/h3-8H,1-2H3. The number of aryl methyl sites for hydroxylation is 2. The Morgan fingerprint density at radius 3 is 2.45 bits per heavy atom. The minimum atomic E-state index is -0.322. The first-order valence-corrected chi connectivity index (χ1v) is 6.70. The number of hydrogen-bond acceptors (Lipinski definition) is 4. The third kappa shape index (κ3) is 2.35. The van der Waals surface area contributed by atoms with Crippen LogP contribution in [0.1, 0.15) is 17.0 Å². The highest BCUT2D eigenvalue weighted by Gasteiger charge is 2.20. The zero-order valence-electron chi connectivity index (χ0n) is 12.1. The van der Waals surface area contributed by atoms with Gasteiger partial charge in [-0.25, -0.2) is 4.39 Å². The smallest absolute Gasteiger partial charge is 0.143 e. The van der Waals surface area contributed by atoms with Crippen LogP contribution in [0.15, 0.2) is 40.9 Å². The summed E-state index contributed by atoms with van der Waals surface area (Å²) in [5.41, 5.74) is 3.68. The zero-order valence-corrected chi connectivity index (χ0v) is 12.1. The molecule has 0 aliphatic carbocycles. The number of hydrogen-bond donors (Lipinski definition) is 0. The molecule has 2 aromatic heterocycles. The minimum absolute atomic E-state index is 0.322. The fourth-order valence-electron chi connectivity index (χ4n) is 2.29. The Hall–Kier alpha value is -3.00. The molecule has 0 spiro atoms. The summed E-state index contributed by atoms with van der Waals surface area (Å²) in [4.78, 5) is 4.45. The molecule has 0 N–H and O–H groups in total. The van der Waals surface area contributed by atoms with Crippen LogP contribution < -0.4 is 0 Å². The maximum absolute atomic E-state index is 13.1. The molecule has 22 heavy (non-hydrogen) atoms. The SMILES string of the molecule is Cc1ccc(C#N)c(-c2c(-c3ccc(F)cc3)noc2C)n1. The average Bonchev–Trinajstić information content (AvgIpc) is 2.89. The molecule has 0 bridgehead atoms. The van der Waals surface area contributed by atoms with Gasteiger partial charge in [0.2, 0.25) is 0 Å². The monoisotopic (exact) mass is 293 g/mol. The number of aromatic nitrogens is 2. The van der Waals surface area contributed by atoms with E-state index in [2.05, 4.69) is 16.2 Å². The number of nitrogens with zero attached hydrogens (tertiary/aromatic N) is 3. The topological polar surface area (TPSA) is 62.7 Å². The lowest BCUT2D eigenvalue weighted by Gasteiger charge is -2.05. The molecule has 0 amide bonds. The summed E-state index contributed by atoms with van der Waals surface area (Å²) in [6.07, 6.45) is 0. The van der Waals surface area contributed by atoms with Crippen LogP contribution in [-0.4, -0.2) is 10.1 Å². The quantitative estimate of drug-likeness (QED) is 0.715. The van der Waals surface area contributed by atoms with Crippen molar-refractivity contribution in [3.8, 4) is 28.6 Å². The predicted octanol–water partition coefficient (Wildman–Crippen LogP) is 4.03. The molecule has 3 aromatic rings. The van der Waals surface area contributed by atoms with Gasteiger partial charge < -0.3 is 4.52 Å². The third-order valence-electron chi connectivity index (χ3n) is 3.37. The van der Waals surface area contributed by atoms with E-state index in [-0.39, 0.29) is 5.82 Å². The minimum Gasteiger partial charge on any atom is -0.360 e. The highest BCUT2D eigenvalue weighted by Crippen LogP contribution is 2.35. The van der Waals surface area contributed by atoms with Crippen molar-refractivity contribution in [2.24, 2.45) is 0 Å². The molecular formula is C17H12FN3O. The number of benzene rings is 1. The van der Waals surface area contributed by atoms with Gasteiger partial charge in [-0.2, -0.15) is 5.26 Å². The molecule has 0 fully saturated rings. The normalized spacial score (nSPS) is 10.5. The van der Waals surface area contributed by atoms with E-state index in [9.17, 15) is 9.65 Å². The molecule has 0 saturated carbocycles. The van der Waals surface area contributed by atoms with Gasteiger partial charge in [-0.3, -0.25) is 4.98 Å². The number of halogens is 1. The van der Waals surface area contributed by atoms with Crippen molar-refractivity contribution >= 4 is 0 Å². The third-order valence-corrected chi connectivity index (χ3v) is 3.37. The van der Waals surface area contributed by atoms with Crippen LogP contribution in [0, 0.1) is 31.0 Å². The summed E-state index contributed by atoms with van der Waals surface area (Å²) in [5, 5.41) is 13.4. The molecule has 0 saturated heterocycles. The van der Waals surface area contributed by atoms with Gasteiger partial charge in [0.15, 0.2) is 0 Å². The van der Waals surface area contributed by atoms with Gasteiger partial charge in [0.25, 0.3) is 0 Å². The molecule has 0 atom stereocenters. The molecule has 0 aliphatic heterocycles. The van der Waals surface area contributed by atoms with Crippen molar-refractivity contribution < 1.29 is 8.91 Å². The average molecular weight is 293 g/mol. The van der Waals surface area contributed by atoms with E-state index >= 15 is 0 Å². The number of nitriles is 1. The van der Waals surface area contributed by atoms with Crippen molar-refractivity contribution in [3.05, 3.63) is 59.2 Å². The van der Waals surface area contributed by atoms with Gasteiger partial charge in [-0.05, 0) is 50.2 Å². The van der Waals surface area contributed by atoms with Gasteiger partial charge in [-0.1, -0.05) is 5.16 Å². The second kappa shape index (κ2) is 5.41. The molecule has 5 heteroatoms. The van der Waals surface area contributed by atoms with E-state index in [4.69, 9.17) is 4.52 Å². The summed E-state index contributed by atoms with van der Waals surface area (Å²) in [5.74, 6) is 0.242. The van der Waals surface area contributed by atoms with Crippen LogP contribution in [0.2, 0.25) is 0 Å². The first-order valence-electron chi connectivity index (χ1n) is 6.70. The van der Waals surface area contributed by atoms with Crippen LogP contribution in [0.3, 0.4) is 0 Å². The molecule has 4 nitrogen and oxygen atoms in total. The Morgan fingerprint density at radius 2 is 1.77 bits per heavy atom. The Labute approximate surface area is 126 Å². The first-order chi connectivity index (χ1) is 10.6. The fraction of sp³-hybridized carbons (Fsp3) is 0.118. The lowest BCUT2D eigenvalue weighted by molar-refractivity contribution is 0.400. The van der Waals surface area contributed by atoms with E-state index < -0.39 is 0 Å². The van der Waals surface area contributed by atoms with E-state index in [0.717, 1.165) is 5.69 Å². The Morgan fingerprint density at radius 1 is 1.05 bits per heavy atom. The summed E-state index contributed by atoms with van der Waals surface area (Å²) in [7, 11) is 0. The van der Waals surface area contributed by atoms with Crippen LogP contribution >= 0.6 is 0 Å². The van der Waals surface area contributed by atoms with Gasteiger partial charge >= 0.3 is 0 Å². The van der Waals surface area contributed by atoms with Crippen molar-refractivity contribution in [3.63, 3.8) is 0 Å². The summed E-state index contributed by atoms with van der Waals surface area (Å²) >= 11 is 0. The van der Waals surface area contributed by atoms with Crippen molar-refractivity contribution in [2.45, 2.75) is 13.8 Å². The Bertz CT molecular complexity index is 876. The summed E-state index contributed by atoms with van der Waals surface area (Å²) < 4.78 is 18.4. The molecule has 3 rings (SSSR count). The maximum atomic E-state index is 13.1. The van der Waals surface area contributed by atoms with E-state index in [1.807, 2.05) is 6.92 Å². The Balaban J connectivity index is 2.25. The van der Waals surface area contributed by atoms with Crippen molar-refractivity contribution in [2.75, 3.05) is 0 Å². The van der Waals surface area contributed by atoms with Crippen LogP contribution in [-0.2, 0) is 0 Å². The predicted molar refractivity (Wildman–Crippen MR) is 79.3 cm³/mol. The van der Waals surface area contributed by atoms with Crippen LogP contribution in [0.25, 0.3) is 22.5 Å². The van der Waals surface area contributed by atoms with Gasteiger partial charge in [-0.15, -0.1) is 0 Å². The Kier molecular flexibility index (Phi) is 3.43. The summed E-state index contributed by atoms with van der Waals surface area (Å²) in [6, 6.07) is 11.6.